The maximum absolute atomic E-state index is 13.9. The Kier molecular flexibility index (Phi) is 6.82. The zero-order chi connectivity index (χ0) is 31.4. The van der Waals surface area contributed by atoms with E-state index in [1.807, 2.05) is 30.3 Å². The summed E-state index contributed by atoms with van der Waals surface area (Å²) in [6, 6.07) is 14.6. The van der Waals surface area contributed by atoms with Crippen molar-refractivity contribution in [1.29, 1.82) is 0 Å². The molecule has 14 heteroatoms. The van der Waals surface area contributed by atoms with Gasteiger partial charge in [0, 0.05) is 30.9 Å². The molecule has 4 heterocycles. The molecule has 6 rings (SSSR count). The molecule has 44 heavy (non-hydrogen) atoms. The number of aryl methyl sites for hydroxylation is 1. The molecule has 1 aliphatic heterocycles. The summed E-state index contributed by atoms with van der Waals surface area (Å²) in [5.74, 6) is -6.08. The molecule has 3 aromatic heterocycles. The Morgan fingerprint density at radius 1 is 0.977 bits per heavy atom. The number of nitrogens with zero attached hydrogens (tertiary/aromatic N) is 5. The maximum atomic E-state index is 13.9. The van der Waals surface area contributed by atoms with E-state index in [0.717, 1.165) is 5.56 Å². The van der Waals surface area contributed by atoms with Gasteiger partial charge in [-0.1, -0.05) is 42.5 Å². The number of nitrogens with one attached hydrogen (secondary N) is 1. The van der Waals surface area contributed by atoms with Crippen LogP contribution in [0.5, 0.6) is 0 Å². The van der Waals surface area contributed by atoms with E-state index in [4.69, 9.17) is 5.73 Å². The molecule has 0 saturated heterocycles. The third kappa shape index (κ3) is 4.89. The van der Waals surface area contributed by atoms with Crippen LogP contribution in [0.2, 0.25) is 0 Å². The summed E-state index contributed by atoms with van der Waals surface area (Å²) in [7, 11) is 0. The lowest BCUT2D eigenvalue weighted by atomic mass is 9.78. The number of hydrogen-bond acceptors (Lipinski definition) is 6. The van der Waals surface area contributed by atoms with Gasteiger partial charge in [-0.05, 0) is 36.6 Å². The molecule has 1 amide bonds. The van der Waals surface area contributed by atoms with E-state index < -0.39 is 42.1 Å². The normalized spacial score (nSPS) is 16.8. The van der Waals surface area contributed by atoms with Crippen molar-refractivity contribution in [2.24, 2.45) is 0 Å². The average Bonchev–Trinajstić information content (AvgIpc) is 3.50. The number of hydrogen-bond donors (Lipinski definition) is 2. The van der Waals surface area contributed by atoms with Crippen LogP contribution in [-0.4, -0.2) is 42.3 Å². The van der Waals surface area contributed by atoms with Crippen molar-refractivity contribution in [3.63, 3.8) is 0 Å². The van der Waals surface area contributed by atoms with E-state index in [0.29, 0.717) is 17.7 Å². The van der Waals surface area contributed by atoms with Crippen molar-refractivity contribution in [2.75, 3.05) is 11.1 Å². The molecule has 1 unspecified atom stereocenters. The summed E-state index contributed by atoms with van der Waals surface area (Å²) in [5.41, 5.74) is 7.16. The second-order valence-corrected chi connectivity index (χ2v) is 10.6. The van der Waals surface area contributed by atoms with Crippen LogP contribution < -0.4 is 11.1 Å². The molecule has 0 saturated carbocycles. The molecule has 1 atom stereocenters. The minimum atomic E-state index is -5.73. The summed E-state index contributed by atoms with van der Waals surface area (Å²) in [6.45, 7) is 1.59. The van der Waals surface area contributed by atoms with Crippen LogP contribution in [0, 0.1) is 5.82 Å². The summed E-state index contributed by atoms with van der Waals surface area (Å²) < 4.78 is 81.9. The van der Waals surface area contributed by atoms with Crippen molar-refractivity contribution >= 4 is 23.2 Å². The smallest absolute Gasteiger partial charge is 0.383 e. The predicted octanol–water partition coefficient (Wildman–Crippen LogP) is 5.89. The Labute approximate surface area is 246 Å². The Morgan fingerprint density at radius 2 is 1.68 bits per heavy atom. The number of benzene rings is 2. The number of carbonyl (C=O) groups excluding carboxylic acids is 1. The number of imidazole rings is 1. The summed E-state index contributed by atoms with van der Waals surface area (Å²) in [6.07, 6.45) is -4.70. The van der Waals surface area contributed by atoms with Gasteiger partial charge in [0.05, 0.1) is 11.3 Å². The van der Waals surface area contributed by atoms with Crippen LogP contribution in [0.3, 0.4) is 0 Å². The highest BCUT2D eigenvalue weighted by Crippen LogP contribution is 2.45. The molecule has 0 spiro atoms. The minimum absolute atomic E-state index is 0.00858. The van der Waals surface area contributed by atoms with Crippen LogP contribution in [0.4, 0.5) is 38.0 Å². The second kappa shape index (κ2) is 10.3. The fourth-order valence-electron chi connectivity index (χ4n) is 5.31. The number of rotatable bonds is 7. The largest absolute Gasteiger partial charge is 0.453 e. The van der Waals surface area contributed by atoms with Crippen LogP contribution in [-0.2, 0) is 23.1 Å². The number of alkyl halides is 5. The van der Waals surface area contributed by atoms with Gasteiger partial charge in [-0.15, -0.1) is 0 Å². The van der Waals surface area contributed by atoms with E-state index in [-0.39, 0.29) is 40.1 Å². The van der Waals surface area contributed by atoms with E-state index in [2.05, 4.69) is 25.3 Å². The van der Waals surface area contributed by atoms with Crippen molar-refractivity contribution in [1.82, 2.24) is 24.3 Å². The number of carbonyl (C=O) groups is 1. The molecular formula is C30H23F6N7O. The van der Waals surface area contributed by atoms with Gasteiger partial charge in [-0.25, -0.2) is 24.3 Å². The topological polar surface area (TPSA) is 111 Å². The number of aromatic nitrogens is 5. The zero-order valence-electron chi connectivity index (χ0n) is 23.0. The third-order valence-electron chi connectivity index (χ3n) is 7.73. The quantitative estimate of drug-likeness (QED) is 0.222. The molecule has 1 aliphatic rings. The van der Waals surface area contributed by atoms with Crippen LogP contribution in [0.15, 0.2) is 67.0 Å². The Hall–Kier alpha value is -5.01. The number of nitrogen functional groups attached to an aromatic ring is 1. The van der Waals surface area contributed by atoms with Gasteiger partial charge in [0.1, 0.15) is 28.6 Å². The molecule has 0 aliphatic carbocycles. The van der Waals surface area contributed by atoms with Crippen LogP contribution >= 0.6 is 0 Å². The monoisotopic (exact) mass is 611 g/mol. The van der Waals surface area contributed by atoms with Gasteiger partial charge in [-0.3, -0.25) is 9.20 Å². The molecule has 226 valence electrons. The van der Waals surface area contributed by atoms with E-state index in [1.165, 1.54) is 36.7 Å². The first-order valence-electron chi connectivity index (χ1n) is 13.4. The molecule has 3 N–H and O–H groups in total. The van der Waals surface area contributed by atoms with Gasteiger partial charge in [0.25, 0.3) is 0 Å². The molecular weight excluding hydrogens is 588 g/mol. The predicted molar refractivity (Wildman–Crippen MR) is 148 cm³/mol. The van der Waals surface area contributed by atoms with Gasteiger partial charge in [-0.2, -0.15) is 22.0 Å². The Balaban J connectivity index is 1.46. The summed E-state index contributed by atoms with van der Waals surface area (Å²) >= 11 is 0. The minimum Gasteiger partial charge on any atom is -0.383 e. The fourth-order valence-corrected chi connectivity index (χ4v) is 5.31. The number of halogens is 6. The fraction of sp³-hybridized carbons (Fsp3) is 0.233. The Morgan fingerprint density at radius 3 is 2.36 bits per heavy atom. The second-order valence-electron chi connectivity index (χ2n) is 10.6. The first kappa shape index (κ1) is 29.1. The van der Waals surface area contributed by atoms with Crippen molar-refractivity contribution in [3.05, 3.63) is 101 Å². The summed E-state index contributed by atoms with van der Waals surface area (Å²) in [4.78, 5) is 30.6. The first-order valence-corrected chi connectivity index (χ1v) is 13.4. The molecule has 0 bridgehead atoms. The standard InChI is InChI=1S/C30H23F6N7O/c1-28(17-7-9-18(31)10-8-17)22-23(37)40-24(41-25(22)42-27(28)44)21-15-43-19(13-16-5-3-2-4-6-16)14-38-26(43)20(39-21)11-12-29(32,33)30(34,35)36/h2-10,14-15H,11-13H2,1H3,(H3,37,40,41,42,44). The number of fused-ring (bicyclic) bond motifs is 2. The molecule has 0 fully saturated rings. The zero-order valence-corrected chi connectivity index (χ0v) is 23.0. The molecule has 0 radical (unpaired) electrons. The van der Waals surface area contributed by atoms with Crippen LogP contribution in [0.1, 0.15) is 41.4 Å². The lowest BCUT2D eigenvalue weighted by Gasteiger charge is -2.23. The average molecular weight is 612 g/mol. The van der Waals surface area contributed by atoms with Crippen molar-refractivity contribution in [3.8, 4) is 11.5 Å². The van der Waals surface area contributed by atoms with Crippen LogP contribution in [0.25, 0.3) is 17.2 Å². The third-order valence-corrected chi connectivity index (χ3v) is 7.73. The van der Waals surface area contributed by atoms with Gasteiger partial charge in [0.2, 0.25) is 5.91 Å². The highest BCUT2D eigenvalue weighted by Gasteiger charge is 2.56. The van der Waals surface area contributed by atoms with Crippen molar-refractivity contribution < 1.29 is 31.1 Å². The van der Waals surface area contributed by atoms with Gasteiger partial charge in [0.15, 0.2) is 11.5 Å². The molecule has 5 aromatic rings. The first-order chi connectivity index (χ1) is 20.8. The number of nitrogens with two attached hydrogens (primary N) is 1. The number of anilines is 2. The van der Waals surface area contributed by atoms with E-state index >= 15 is 0 Å². The Bertz CT molecular complexity index is 1890. The molecule has 2 aromatic carbocycles. The van der Waals surface area contributed by atoms with E-state index in [1.54, 1.807) is 11.3 Å². The summed E-state index contributed by atoms with van der Waals surface area (Å²) in [5, 5.41) is 2.67. The maximum Gasteiger partial charge on any atom is 0.453 e. The highest BCUT2D eigenvalue weighted by molar-refractivity contribution is 6.09. The van der Waals surface area contributed by atoms with Gasteiger partial charge < -0.3 is 11.1 Å². The van der Waals surface area contributed by atoms with Gasteiger partial charge >= 0.3 is 12.1 Å². The highest BCUT2D eigenvalue weighted by atomic mass is 19.4. The SMILES string of the molecule is CC1(c2ccc(F)cc2)C(=O)Nc2nc(-c3cn4c(Cc5ccccc5)cnc4c(CCC(F)(F)C(F)(F)F)n3)nc(N)c21. The number of amides is 1. The lowest BCUT2D eigenvalue weighted by molar-refractivity contribution is -0.284. The molecule has 8 nitrogen and oxygen atoms in total. The lowest BCUT2D eigenvalue weighted by Crippen LogP contribution is -2.36. The van der Waals surface area contributed by atoms with Crippen molar-refractivity contribution in [2.45, 2.75) is 43.7 Å². The van der Waals surface area contributed by atoms with E-state index in [9.17, 15) is 31.1 Å².